The standard InChI is InChI=1S/C15H16N4O2S/c1-8-6-9(2)16-13(20)12(8)14(21)17-10(3)11-7-19-4-5-22-15(19)18-11/h4-7,10H,1-3H3,(H,16,20)(H,17,21)/t10-/m1/s1. The zero-order valence-corrected chi connectivity index (χ0v) is 13.3. The van der Waals surface area contributed by atoms with E-state index in [9.17, 15) is 9.59 Å². The summed E-state index contributed by atoms with van der Waals surface area (Å²) in [5, 5.41) is 4.78. The molecule has 0 fully saturated rings. The molecule has 0 aliphatic rings. The lowest BCUT2D eigenvalue weighted by molar-refractivity contribution is 0.0937. The number of aromatic nitrogens is 3. The number of amides is 1. The molecule has 0 unspecified atom stereocenters. The number of nitrogens with one attached hydrogen (secondary N) is 2. The average Bonchev–Trinajstić information content (AvgIpc) is 2.97. The molecule has 3 rings (SSSR count). The van der Waals surface area contributed by atoms with Crippen LogP contribution in [0, 0.1) is 13.8 Å². The molecule has 2 N–H and O–H groups in total. The van der Waals surface area contributed by atoms with Crippen molar-refractivity contribution < 1.29 is 4.79 Å². The number of fused-ring (bicyclic) bond motifs is 1. The Labute approximate surface area is 130 Å². The van der Waals surface area contributed by atoms with Crippen molar-refractivity contribution in [3.8, 4) is 0 Å². The maximum Gasteiger partial charge on any atom is 0.261 e. The summed E-state index contributed by atoms with van der Waals surface area (Å²) in [5.41, 5.74) is 1.95. The third-order valence-corrected chi connectivity index (χ3v) is 4.27. The summed E-state index contributed by atoms with van der Waals surface area (Å²) in [6.45, 7) is 5.40. The third-order valence-electron chi connectivity index (χ3n) is 3.50. The minimum absolute atomic E-state index is 0.151. The van der Waals surface area contributed by atoms with Crippen molar-refractivity contribution >= 4 is 22.2 Å². The summed E-state index contributed by atoms with van der Waals surface area (Å²) < 4.78 is 1.91. The maximum atomic E-state index is 12.4. The topological polar surface area (TPSA) is 79.3 Å². The second kappa shape index (κ2) is 5.42. The van der Waals surface area contributed by atoms with Crippen LogP contribution in [0.15, 0.2) is 28.6 Å². The van der Waals surface area contributed by atoms with E-state index in [0.29, 0.717) is 5.56 Å². The SMILES string of the molecule is Cc1cc(C)c(C(=O)N[C@H](C)c2cn3ccsc3n2)c(=O)[nH]1. The Morgan fingerprint density at radius 1 is 1.45 bits per heavy atom. The highest BCUT2D eigenvalue weighted by atomic mass is 32.1. The number of nitrogens with zero attached hydrogens (tertiary/aromatic N) is 2. The van der Waals surface area contributed by atoms with E-state index in [1.165, 1.54) is 11.3 Å². The summed E-state index contributed by atoms with van der Waals surface area (Å²) in [6.07, 6.45) is 3.79. The Bertz CT molecular complexity index is 877. The highest BCUT2D eigenvalue weighted by Gasteiger charge is 2.19. The molecule has 0 aliphatic heterocycles. The average molecular weight is 316 g/mol. The lowest BCUT2D eigenvalue weighted by atomic mass is 10.1. The van der Waals surface area contributed by atoms with Crippen LogP contribution < -0.4 is 10.9 Å². The minimum atomic E-state index is -0.386. The molecule has 3 heterocycles. The van der Waals surface area contributed by atoms with Crippen LogP contribution in [-0.2, 0) is 0 Å². The molecular weight excluding hydrogens is 300 g/mol. The second-order valence-corrected chi connectivity index (χ2v) is 6.17. The summed E-state index contributed by atoms with van der Waals surface area (Å²) in [5.74, 6) is -0.386. The van der Waals surface area contributed by atoms with E-state index in [4.69, 9.17) is 0 Å². The first-order valence-corrected chi connectivity index (χ1v) is 7.77. The molecule has 22 heavy (non-hydrogen) atoms. The van der Waals surface area contributed by atoms with Crippen LogP contribution >= 0.6 is 11.3 Å². The maximum absolute atomic E-state index is 12.4. The predicted molar refractivity (Wildman–Crippen MR) is 85.5 cm³/mol. The number of aryl methyl sites for hydroxylation is 2. The molecule has 0 spiro atoms. The van der Waals surface area contributed by atoms with Gasteiger partial charge in [-0.1, -0.05) is 0 Å². The number of hydrogen-bond donors (Lipinski definition) is 2. The van der Waals surface area contributed by atoms with Gasteiger partial charge >= 0.3 is 0 Å². The largest absolute Gasteiger partial charge is 0.344 e. The van der Waals surface area contributed by atoms with Gasteiger partial charge in [0.2, 0.25) is 0 Å². The Morgan fingerprint density at radius 2 is 2.23 bits per heavy atom. The van der Waals surface area contributed by atoms with E-state index in [1.807, 2.05) is 29.1 Å². The molecule has 0 aliphatic carbocycles. The van der Waals surface area contributed by atoms with E-state index < -0.39 is 0 Å². The number of carbonyl (C=O) groups is 1. The van der Waals surface area contributed by atoms with E-state index in [0.717, 1.165) is 16.3 Å². The zero-order valence-electron chi connectivity index (χ0n) is 12.5. The van der Waals surface area contributed by atoms with Crippen LogP contribution in [-0.4, -0.2) is 20.3 Å². The molecular formula is C15H16N4O2S. The van der Waals surface area contributed by atoms with Crippen molar-refractivity contribution in [2.24, 2.45) is 0 Å². The first-order valence-electron chi connectivity index (χ1n) is 6.89. The molecule has 0 aromatic carbocycles. The van der Waals surface area contributed by atoms with Gasteiger partial charge in [-0.15, -0.1) is 11.3 Å². The van der Waals surface area contributed by atoms with Crippen LogP contribution in [0.25, 0.3) is 4.96 Å². The van der Waals surface area contributed by atoms with Gasteiger partial charge in [-0.25, -0.2) is 4.98 Å². The Morgan fingerprint density at radius 3 is 2.91 bits per heavy atom. The number of H-pyrrole nitrogens is 1. The second-order valence-electron chi connectivity index (χ2n) is 5.29. The molecule has 6 nitrogen and oxygen atoms in total. The van der Waals surface area contributed by atoms with Crippen LogP contribution in [0.2, 0.25) is 0 Å². The van der Waals surface area contributed by atoms with Crippen molar-refractivity contribution in [2.75, 3.05) is 0 Å². The van der Waals surface area contributed by atoms with Gasteiger partial charge in [0.05, 0.1) is 11.7 Å². The van der Waals surface area contributed by atoms with Crippen molar-refractivity contribution in [1.29, 1.82) is 0 Å². The smallest absolute Gasteiger partial charge is 0.261 e. The Kier molecular flexibility index (Phi) is 3.58. The molecule has 3 aromatic heterocycles. The van der Waals surface area contributed by atoms with Crippen molar-refractivity contribution in [2.45, 2.75) is 26.8 Å². The zero-order chi connectivity index (χ0) is 15.9. The number of rotatable bonds is 3. The number of aromatic amines is 1. The fraction of sp³-hybridized carbons (Fsp3) is 0.267. The van der Waals surface area contributed by atoms with Crippen molar-refractivity contribution in [3.63, 3.8) is 0 Å². The van der Waals surface area contributed by atoms with Gasteiger partial charge in [0.15, 0.2) is 4.96 Å². The van der Waals surface area contributed by atoms with Crippen LogP contribution in [0.3, 0.4) is 0 Å². The number of imidazole rings is 1. The highest BCUT2D eigenvalue weighted by molar-refractivity contribution is 7.15. The lowest BCUT2D eigenvalue weighted by Crippen LogP contribution is -2.33. The molecule has 3 aromatic rings. The molecule has 0 saturated carbocycles. The molecule has 0 saturated heterocycles. The first-order chi connectivity index (χ1) is 10.5. The summed E-state index contributed by atoms with van der Waals surface area (Å²) >= 11 is 1.53. The van der Waals surface area contributed by atoms with Gasteiger partial charge in [0, 0.05) is 23.5 Å². The fourth-order valence-corrected chi connectivity index (χ4v) is 3.14. The Hall–Kier alpha value is -2.41. The molecule has 1 amide bonds. The van der Waals surface area contributed by atoms with Crippen molar-refractivity contribution in [3.05, 3.63) is 56.7 Å². The number of hydrogen-bond acceptors (Lipinski definition) is 4. The highest BCUT2D eigenvalue weighted by Crippen LogP contribution is 2.17. The molecule has 1 atom stereocenters. The molecule has 0 radical (unpaired) electrons. The first kappa shape index (κ1) is 14.5. The van der Waals surface area contributed by atoms with Gasteiger partial charge in [0.25, 0.3) is 11.5 Å². The summed E-state index contributed by atoms with van der Waals surface area (Å²) in [6, 6.07) is 1.51. The van der Waals surface area contributed by atoms with Gasteiger partial charge < -0.3 is 10.3 Å². The van der Waals surface area contributed by atoms with E-state index in [2.05, 4.69) is 15.3 Å². The van der Waals surface area contributed by atoms with E-state index >= 15 is 0 Å². The summed E-state index contributed by atoms with van der Waals surface area (Å²) in [4.78, 5) is 32.3. The predicted octanol–water partition coefficient (Wildman–Crippen LogP) is 2.19. The number of carbonyl (C=O) groups excluding carboxylic acids is 1. The number of thiazole rings is 1. The van der Waals surface area contributed by atoms with Gasteiger partial charge in [0.1, 0.15) is 5.56 Å². The normalized spacial score (nSPS) is 12.5. The van der Waals surface area contributed by atoms with E-state index in [1.54, 1.807) is 19.9 Å². The quantitative estimate of drug-likeness (QED) is 0.777. The van der Waals surface area contributed by atoms with Gasteiger partial charge in [-0.2, -0.15) is 0 Å². The monoisotopic (exact) mass is 316 g/mol. The van der Waals surface area contributed by atoms with Crippen LogP contribution in [0.4, 0.5) is 0 Å². The minimum Gasteiger partial charge on any atom is -0.344 e. The molecule has 114 valence electrons. The third kappa shape index (κ3) is 2.55. The lowest BCUT2D eigenvalue weighted by Gasteiger charge is -2.12. The van der Waals surface area contributed by atoms with E-state index in [-0.39, 0.29) is 23.1 Å². The van der Waals surface area contributed by atoms with Gasteiger partial charge in [-0.3, -0.25) is 14.0 Å². The molecule has 0 bridgehead atoms. The van der Waals surface area contributed by atoms with Crippen LogP contribution in [0.1, 0.15) is 40.3 Å². The van der Waals surface area contributed by atoms with Gasteiger partial charge in [-0.05, 0) is 32.4 Å². The van der Waals surface area contributed by atoms with Crippen LogP contribution in [0.5, 0.6) is 0 Å². The Balaban J connectivity index is 1.85. The molecule has 7 heteroatoms. The van der Waals surface area contributed by atoms with Crippen molar-refractivity contribution in [1.82, 2.24) is 19.7 Å². The fourth-order valence-electron chi connectivity index (χ4n) is 2.43. The summed E-state index contributed by atoms with van der Waals surface area (Å²) in [7, 11) is 0. The number of pyridine rings is 1.